The smallest absolute Gasteiger partial charge is 0.380 e. The van der Waals surface area contributed by atoms with E-state index in [4.69, 9.17) is 10.8 Å². The van der Waals surface area contributed by atoms with Crippen molar-refractivity contribution in [2.45, 2.75) is 43.9 Å². The number of nitrogens with one attached hydrogen (secondary N) is 1. The maximum absolute atomic E-state index is 12.1. The number of anilines is 2. The van der Waals surface area contributed by atoms with Gasteiger partial charge in [-0.05, 0) is 31.0 Å². The molecule has 174 valence electrons. The summed E-state index contributed by atoms with van der Waals surface area (Å²) < 4.78 is 37.9. The highest BCUT2D eigenvalue weighted by molar-refractivity contribution is 5.89. The van der Waals surface area contributed by atoms with Gasteiger partial charge in [0.25, 0.3) is 0 Å². The second kappa shape index (κ2) is 8.77. The van der Waals surface area contributed by atoms with Crippen LogP contribution in [0, 0.1) is 0 Å². The largest absolute Gasteiger partial charge is 0.417 e. The molecule has 0 atom stereocenters. The van der Waals surface area contributed by atoms with Crippen LogP contribution in [0.15, 0.2) is 36.8 Å². The monoisotopic (exact) mass is 460 g/mol. The molecule has 4 aromatic heterocycles. The van der Waals surface area contributed by atoms with E-state index in [0.717, 1.165) is 28.7 Å². The van der Waals surface area contributed by atoms with Crippen molar-refractivity contribution < 1.29 is 18.3 Å². The molecule has 9 nitrogen and oxygen atoms in total. The van der Waals surface area contributed by atoms with Crippen LogP contribution in [0.3, 0.4) is 0 Å². The van der Waals surface area contributed by atoms with Crippen molar-refractivity contribution in [3.63, 3.8) is 0 Å². The first-order valence-electron chi connectivity index (χ1n) is 10.4. The summed E-state index contributed by atoms with van der Waals surface area (Å²) in [5.74, 6) is 0.852. The van der Waals surface area contributed by atoms with Crippen LogP contribution in [0.5, 0.6) is 0 Å². The second-order valence-corrected chi connectivity index (χ2v) is 7.78. The van der Waals surface area contributed by atoms with Crippen LogP contribution in [0.1, 0.15) is 32.1 Å². The molecule has 4 aromatic rings. The van der Waals surface area contributed by atoms with Gasteiger partial charge >= 0.3 is 6.18 Å². The summed E-state index contributed by atoms with van der Waals surface area (Å²) in [6.07, 6.45) is 2.17. The summed E-state index contributed by atoms with van der Waals surface area (Å²) >= 11 is 0. The maximum atomic E-state index is 12.1. The quantitative estimate of drug-likeness (QED) is 0.414. The molecular weight excluding hydrogens is 437 g/mol. The number of pyridine rings is 1. The Labute approximate surface area is 186 Å². The molecule has 1 aliphatic carbocycles. The molecule has 4 heterocycles. The maximum Gasteiger partial charge on any atom is 0.417 e. The van der Waals surface area contributed by atoms with E-state index in [1.54, 1.807) is 24.0 Å². The van der Waals surface area contributed by atoms with Crippen molar-refractivity contribution in [3.05, 3.63) is 36.8 Å². The molecule has 4 N–H and O–H groups in total. The SMILES string of the molecule is CNc1nc(N)nn2ccc(-c3ccc4nccnc4n3)c12.OC1(C(F)(F)F)CCCCC1. The molecule has 0 amide bonds. The average molecular weight is 460 g/mol. The normalized spacial score (nSPS) is 15.8. The minimum absolute atomic E-state index is 0.128. The van der Waals surface area contributed by atoms with E-state index in [1.807, 2.05) is 24.4 Å². The average Bonchev–Trinajstić information content (AvgIpc) is 3.22. The summed E-state index contributed by atoms with van der Waals surface area (Å²) in [6.45, 7) is 0. The molecule has 1 saturated carbocycles. The minimum Gasteiger partial charge on any atom is -0.380 e. The first-order valence-corrected chi connectivity index (χ1v) is 10.4. The predicted octanol–water partition coefficient (Wildman–Crippen LogP) is 3.60. The second-order valence-electron chi connectivity index (χ2n) is 7.78. The van der Waals surface area contributed by atoms with Crippen molar-refractivity contribution in [2.75, 3.05) is 18.1 Å². The van der Waals surface area contributed by atoms with Crippen LogP contribution in [-0.2, 0) is 0 Å². The Hall–Kier alpha value is -3.54. The van der Waals surface area contributed by atoms with Gasteiger partial charge in [-0.25, -0.2) is 14.5 Å². The van der Waals surface area contributed by atoms with E-state index >= 15 is 0 Å². The molecule has 1 fully saturated rings. The predicted molar refractivity (Wildman–Crippen MR) is 117 cm³/mol. The highest BCUT2D eigenvalue weighted by atomic mass is 19.4. The summed E-state index contributed by atoms with van der Waals surface area (Å²) in [5, 5.41) is 16.3. The lowest BCUT2D eigenvalue weighted by Gasteiger charge is -2.33. The molecule has 0 saturated heterocycles. The minimum atomic E-state index is -4.44. The van der Waals surface area contributed by atoms with Crippen molar-refractivity contribution >= 4 is 28.4 Å². The van der Waals surface area contributed by atoms with Crippen molar-refractivity contribution in [1.29, 1.82) is 0 Å². The number of aromatic nitrogens is 6. The molecule has 33 heavy (non-hydrogen) atoms. The third-order valence-electron chi connectivity index (χ3n) is 5.58. The molecule has 1 aliphatic rings. The van der Waals surface area contributed by atoms with Gasteiger partial charge in [-0.3, -0.25) is 4.98 Å². The fourth-order valence-electron chi connectivity index (χ4n) is 3.85. The van der Waals surface area contributed by atoms with Gasteiger partial charge in [0.15, 0.2) is 17.1 Å². The number of nitrogens with zero attached hydrogens (tertiary/aromatic N) is 6. The zero-order valence-corrected chi connectivity index (χ0v) is 17.8. The third-order valence-corrected chi connectivity index (χ3v) is 5.58. The van der Waals surface area contributed by atoms with Crippen LogP contribution in [-0.4, -0.2) is 53.5 Å². The van der Waals surface area contributed by atoms with Crippen molar-refractivity contribution in [1.82, 2.24) is 29.5 Å². The Morgan fingerprint density at radius 2 is 1.79 bits per heavy atom. The molecule has 0 spiro atoms. The fraction of sp³-hybridized carbons (Fsp3) is 0.381. The van der Waals surface area contributed by atoms with E-state index in [2.05, 4.69) is 30.4 Å². The Balaban J connectivity index is 0.000000200. The Kier molecular flexibility index (Phi) is 6.02. The van der Waals surface area contributed by atoms with E-state index in [0.29, 0.717) is 24.3 Å². The van der Waals surface area contributed by atoms with Gasteiger partial charge in [0.2, 0.25) is 5.95 Å². The highest BCUT2D eigenvalue weighted by Crippen LogP contribution is 2.41. The van der Waals surface area contributed by atoms with Crippen LogP contribution in [0.4, 0.5) is 24.9 Å². The summed E-state index contributed by atoms with van der Waals surface area (Å²) in [5.41, 5.74) is 7.17. The van der Waals surface area contributed by atoms with Crippen LogP contribution in [0.25, 0.3) is 27.9 Å². The van der Waals surface area contributed by atoms with Gasteiger partial charge in [-0.2, -0.15) is 18.2 Å². The van der Waals surface area contributed by atoms with Gasteiger partial charge in [-0.15, -0.1) is 5.10 Å². The fourth-order valence-corrected chi connectivity index (χ4v) is 3.85. The third kappa shape index (κ3) is 4.51. The standard InChI is InChI=1S/C14H12N8.C7H11F3O/c1-16-13-11-8(4-7-22(11)21-14(15)20-13)9-2-3-10-12(19-9)18-6-5-17-10;8-7(9,10)6(11)4-2-1-3-5-6/h2-7H,1H3,(H3,15,16,20,21);11H,1-5H2. The number of hydrogen-bond acceptors (Lipinski definition) is 8. The van der Waals surface area contributed by atoms with E-state index in [1.165, 1.54) is 0 Å². The number of fused-ring (bicyclic) bond motifs is 2. The Morgan fingerprint density at radius 1 is 1.06 bits per heavy atom. The zero-order chi connectivity index (χ0) is 23.6. The molecule has 0 unspecified atom stereocenters. The van der Waals surface area contributed by atoms with Crippen molar-refractivity contribution in [2.24, 2.45) is 0 Å². The highest BCUT2D eigenvalue weighted by Gasteiger charge is 2.53. The topological polar surface area (TPSA) is 127 Å². The first kappa shape index (κ1) is 22.6. The van der Waals surface area contributed by atoms with Gasteiger partial charge in [-0.1, -0.05) is 19.3 Å². The van der Waals surface area contributed by atoms with Gasteiger partial charge in [0.05, 0.1) is 5.69 Å². The number of aliphatic hydroxyl groups is 1. The van der Waals surface area contributed by atoms with Gasteiger partial charge in [0.1, 0.15) is 11.0 Å². The van der Waals surface area contributed by atoms with E-state index in [-0.39, 0.29) is 18.8 Å². The molecule has 0 aromatic carbocycles. The lowest BCUT2D eigenvalue weighted by Crippen LogP contribution is -2.46. The van der Waals surface area contributed by atoms with E-state index in [9.17, 15) is 13.2 Å². The summed E-state index contributed by atoms with van der Waals surface area (Å²) in [6, 6.07) is 5.72. The van der Waals surface area contributed by atoms with Crippen LogP contribution < -0.4 is 11.1 Å². The van der Waals surface area contributed by atoms with Gasteiger partial charge < -0.3 is 16.2 Å². The Morgan fingerprint density at radius 3 is 2.45 bits per heavy atom. The van der Waals surface area contributed by atoms with Crippen LogP contribution in [0.2, 0.25) is 0 Å². The number of hydrogen-bond donors (Lipinski definition) is 3. The Bertz CT molecular complexity index is 1270. The van der Waals surface area contributed by atoms with Gasteiger partial charge in [0, 0.05) is 31.2 Å². The molecule has 5 rings (SSSR count). The lowest BCUT2D eigenvalue weighted by atomic mass is 9.84. The molecular formula is C21H23F3N8O. The lowest BCUT2D eigenvalue weighted by molar-refractivity contribution is -0.269. The number of halogens is 3. The van der Waals surface area contributed by atoms with Crippen LogP contribution >= 0.6 is 0 Å². The molecule has 12 heteroatoms. The molecule has 0 radical (unpaired) electrons. The summed E-state index contributed by atoms with van der Waals surface area (Å²) in [7, 11) is 1.79. The first-order chi connectivity index (χ1) is 15.7. The van der Waals surface area contributed by atoms with E-state index < -0.39 is 11.8 Å². The number of nitrogen functional groups attached to an aromatic ring is 1. The number of nitrogens with two attached hydrogens (primary N) is 1. The number of alkyl halides is 3. The number of rotatable bonds is 2. The van der Waals surface area contributed by atoms with Crippen molar-refractivity contribution in [3.8, 4) is 11.3 Å². The summed E-state index contributed by atoms with van der Waals surface area (Å²) in [4.78, 5) is 17.3. The zero-order valence-electron chi connectivity index (χ0n) is 17.8. The molecule has 0 aliphatic heterocycles. The molecule has 0 bridgehead atoms.